The molecule has 18 heteroatoms. The number of carboxylic acids is 1. The number of halogens is 4. The number of hydrogen-bond acceptors (Lipinski definition) is 7. The van der Waals surface area contributed by atoms with Crippen LogP contribution in [0.4, 0.5) is 18.9 Å². The minimum Gasteiger partial charge on any atom is -0.475 e. The molecule has 0 aliphatic rings. The highest BCUT2D eigenvalue weighted by molar-refractivity contribution is 7.92. The summed E-state index contributed by atoms with van der Waals surface area (Å²) in [6.45, 7) is 3.28. The van der Waals surface area contributed by atoms with Crippen molar-refractivity contribution in [2.45, 2.75) is 31.3 Å². The lowest BCUT2D eigenvalue weighted by molar-refractivity contribution is -0.192. The van der Waals surface area contributed by atoms with Crippen molar-refractivity contribution in [3.63, 3.8) is 0 Å². The van der Waals surface area contributed by atoms with Crippen LogP contribution in [0.1, 0.15) is 16.8 Å². The Hall–Kier alpha value is -3.99. The number of guanidine groups is 1. The molecule has 0 spiro atoms. The van der Waals surface area contributed by atoms with E-state index in [1.165, 1.54) is 18.2 Å². The number of nitrogens with one attached hydrogen (secondary N) is 3. The number of aliphatic carboxylic acids is 1. The van der Waals surface area contributed by atoms with Gasteiger partial charge in [0, 0.05) is 10.7 Å². The monoisotopic (exact) mass is 584 g/mol. The zero-order valence-electron chi connectivity index (χ0n) is 19.8. The third kappa shape index (κ3) is 10.2. The molecule has 0 unspecified atom stereocenters. The van der Waals surface area contributed by atoms with Gasteiger partial charge in [-0.2, -0.15) is 13.2 Å². The first-order chi connectivity index (χ1) is 17.5. The predicted molar refractivity (Wildman–Crippen MR) is 131 cm³/mol. The Balaban J connectivity index is 0.000000905. The summed E-state index contributed by atoms with van der Waals surface area (Å²) in [5, 5.41) is 13.3. The number of nitrogens with two attached hydrogens (primary N) is 2. The average molecular weight is 585 g/mol. The van der Waals surface area contributed by atoms with Gasteiger partial charge in [-0.15, -0.1) is 0 Å². The number of pyridine rings is 1. The number of alkyl halides is 3. The molecule has 1 amide bonds. The third-order valence-electron chi connectivity index (χ3n) is 4.27. The molecule has 13 nitrogen and oxygen atoms in total. The number of nitrogens with zero attached hydrogens (tertiary/aromatic N) is 1. The van der Waals surface area contributed by atoms with Gasteiger partial charge in [-0.1, -0.05) is 17.7 Å². The summed E-state index contributed by atoms with van der Waals surface area (Å²) in [5.74, 6) is -3.47. The van der Waals surface area contributed by atoms with E-state index in [0.717, 1.165) is 0 Å². The molecule has 0 fully saturated rings. The maximum atomic E-state index is 12.9. The van der Waals surface area contributed by atoms with Gasteiger partial charge in [0.15, 0.2) is 0 Å². The molecule has 0 atom stereocenters. The largest absolute Gasteiger partial charge is 0.490 e. The van der Waals surface area contributed by atoms with Gasteiger partial charge in [-0.25, -0.2) is 13.2 Å². The van der Waals surface area contributed by atoms with Crippen LogP contribution in [-0.4, -0.2) is 55.7 Å². The second-order valence-electron chi connectivity index (χ2n) is 7.33. The number of amides is 1. The normalized spacial score (nSPS) is 11.0. The number of aromatic nitrogens is 1. The molecule has 0 saturated heterocycles. The summed E-state index contributed by atoms with van der Waals surface area (Å²) in [7, 11) is -4.14. The lowest BCUT2D eigenvalue weighted by atomic mass is 10.1. The first-order valence-corrected chi connectivity index (χ1v) is 12.1. The molecular formula is C20H24ClF3N6O7S. The van der Waals surface area contributed by atoms with Crippen molar-refractivity contribution in [1.29, 1.82) is 0 Å². The van der Waals surface area contributed by atoms with Crippen molar-refractivity contribution >= 4 is 45.1 Å². The van der Waals surface area contributed by atoms with Crippen molar-refractivity contribution in [3.8, 4) is 0 Å². The Morgan fingerprint density at radius 1 is 1.24 bits per heavy atom. The van der Waals surface area contributed by atoms with Gasteiger partial charge in [0.2, 0.25) is 11.9 Å². The van der Waals surface area contributed by atoms with Gasteiger partial charge in [-0.05, 0) is 48.3 Å². The minimum atomic E-state index is -5.08. The fraction of sp³-hybridized carbons (Fsp3) is 0.300. The Labute approximate surface area is 219 Å². The quantitative estimate of drug-likeness (QED) is 0.107. The molecule has 0 bridgehead atoms. The van der Waals surface area contributed by atoms with E-state index in [1.807, 2.05) is 0 Å². The van der Waals surface area contributed by atoms with Crippen LogP contribution < -0.4 is 27.1 Å². The van der Waals surface area contributed by atoms with Crippen molar-refractivity contribution in [3.05, 3.63) is 56.5 Å². The van der Waals surface area contributed by atoms with Gasteiger partial charge in [0.25, 0.3) is 15.6 Å². The second-order valence-corrected chi connectivity index (χ2v) is 9.39. The van der Waals surface area contributed by atoms with E-state index < -0.39 is 33.6 Å². The molecule has 2 rings (SSSR count). The number of aromatic amines is 1. The molecule has 0 saturated carbocycles. The van der Waals surface area contributed by atoms with Gasteiger partial charge >= 0.3 is 12.1 Å². The van der Waals surface area contributed by atoms with Gasteiger partial charge in [-0.3, -0.25) is 14.3 Å². The molecule has 38 heavy (non-hydrogen) atoms. The maximum absolute atomic E-state index is 12.9. The molecule has 1 aromatic heterocycles. The molecule has 8 N–H and O–H groups in total. The Bertz CT molecular complexity index is 1360. The zero-order valence-corrected chi connectivity index (χ0v) is 21.4. The highest BCUT2D eigenvalue weighted by Crippen LogP contribution is 2.25. The molecule has 2 aromatic rings. The number of carbonyl (C=O) groups excluding carboxylic acids is 1. The summed E-state index contributed by atoms with van der Waals surface area (Å²) in [6.07, 6.45) is -5.33. The van der Waals surface area contributed by atoms with Crippen molar-refractivity contribution < 1.29 is 41.1 Å². The summed E-state index contributed by atoms with van der Waals surface area (Å²) in [4.78, 5) is 40.8. The van der Waals surface area contributed by atoms with E-state index in [2.05, 4.69) is 20.2 Å². The number of sulfonamides is 1. The molecular weight excluding hydrogens is 561 g/mol. The lowest BCUT2D eigenvalue weighted by Crippen LogP contribution is -2.30. The molecule has 0 aliphatic carbocycles. The number of anilines is 1. The summed E-state index contributed by atoms with van der Waals surface area (Å²) >= 11 is 6.02. The van der Waals surface area contributed by atoms with E-state index in [0.29, 0.717) is 11.3 Å². The SMILES string of the molecule is Cc1cc(CC(=O)NCCON=C(N)N)c(NS(=O)(=O)c2cccc(Cl)c2C)c(=O)[nH]1.O=C(O)C(F)(F)F. The van der Waals surface area contributed by atoms with E-state index in [9.17, 15) is 31.2 Å². The smallest absolute Gasteiger partial charge is 0.475 e. The van der Waals surface area contributed by atoms with Crippen LogP contribution in [0.2, 0.25) is 5.02 Å². The molecule has 1 aromatic carbocycles. The molecule has 0 aliphatic heterocycles. The van der Waals surface area contributed by atoms with Crippen LogP contribution >= 0.6 is 11.6 Å². The summed E-state index contributed by atoms with van der Waals surface area (Å²) in [6, 6.07) is 5.93. The van der Waals surface area contributed by atoms with Crippen molar-refractivity contribution in [1.82, 2.24) is 10.3 Å². The highest BCUT2D eigenvalue weighted by atomic mass is 35.5. The number of carboxylic acid groups (broad SMARTS) is 1. The van der Waals surface area contributed by atoms with Gasteiger partial charge < -0.3 is 31.7 Å². The Morgan fingerprint density at radius 3 is 2.39 bits per heavy atom. The van der Waals surface area contributed by atoms with E-state index >= 15 is 0 Å². The lowest BCUT2D eigenvalue weighted by Gasteiger charge is -2.14. The predicted octanol–water partition coefficient (Wildman–Crippen LogP) is 0.943. The number of hydrogen-bond donors (Lipinski definition) is 6. The molecule has 210 valence electrons. The van der Waals surface area contributed by atoms with Crippen molar-refractivity contribution in [2.24, 2.45) is 16.6 Å². The first kappa shape index (κ1) is 32.0. The van der Waals surface area contributed by atoms with Crippen LogP contribution in [0.3, 0.4) is 0 Å². The van der Waals surface area contributed by atoms with E-state index in [-0.39, 0.29) is 46.7 Å². The van der Waals surface area contributed by atoms with Crippen molar-refractivity contribution in [2.75, 3.05) is 17.9 Å². The fourth-order valence-electron chi connectivity index (χ4n) is 2.67. The van der Waals surface area contributed by atoms with Crippen LogP contribution in [-0.2, 0) is 30.9 Å². The topological polar surface area (TPSA) is 219 Å². The van der Waals surface area contributed by atoms with Crippen LogP contribution in [0.25, 0.3) is 0 Å². The summed E-state index contributed by atoms with van der Waals surface area (Å²) < 4.78 is 59.8. The van der Waals surface area contributed by atoms with Crippen LogP contribution in [0.15, 0.2) is 39.1 Å². The third-order valence-corrected chi connectivity index (χ3v) is 6.18. The Morgan fingerprint density at radius 2 is 1.84 bits per heavy atom. The van der Waals surface area contributed by atoms with Crippen LogP contribution in [0.5, 0.6) is 0 Å². The molecule has 0 radical (unpaired) electrons. The zero-order chi connectivity index (χ0) is 29.3. The van der Waals surface area contributed by atoms with E-state index in [4.69, 9.17) is 37.8 Å². The number of aryl methyl sites for hydroxylation is 1. The maximum Gasteiger partial charge on any atom is 0.490 e. The second kappa shape index (κ2) is 13.5. The van der Waals surface area contributed by atoms with Gasteiger partial charge in [0.05, 0.1) is 17.9 Å². The van der Waals surface area contributed by atoms with E-state index in [1.54, 1.807) is 19.9 Å². The Kier molecular flexibility index (Phi) is 11.4. The van der Waals surface area contributed by atoms with Gasteiger partial charge in [0.1, 0.15) is 12.3 Å². The minimum absolute atomic E-state index is 0.0194. The fourth-order valence-corrected chi connectivity index (χ4v) is 4.27. The average Bonchev–Trinajstić information content (AvgIpc) is 2.77. The number of benzene rings is 1. The standard InChI is InChI=1S/C18H23ClN6O5S.C2HF3O2/c1-10-8-12(9-15(26)22-6-7-30-24-18(20)21)16(17(27)23-10)25-31(28,29)14-5-3-4-13(19)11(14)2;3-2(4,5)1(6)7/h3-5,8,25H,6-7,9H2,1-2H3,(H,22,26)(H,23,27)(H4,20,21,24);(H,6,7). The number of rotatable bonds is 9. The number of carbonyl (C=O) groups is 2. The first-order valence-electron chi connectivity index (χ1n) is 10.2. The molecule has 1 heterocycles. The van der Waals surface area contributed by atoms with Crippen LogP contribution in [0, 0.1) is 13.8 Å². The summed E-state index contributed by atoms with van der Waals surface area (Å²) in [5.41, 5.74) is 10.3. The number of H-pyrrole nitrogens is 1. The number of oxime groups is 1. The highest BCUT2D eigenvalue weighted by Gasteiger charge is 2.38.